The van der Waals surface area contributed by atoms with Gasteiger partial charge in [-0.15, -0.1) is 0 Å². The van der Waals surface area contributed by atoms with E-state index in [1.807, 2.05) is 19.1 Å². The predicted octanol–water partition coefficient (Wildman–Crippen LogP) is 6.75. The van der Waals surface area contributed by atoms with E-state index >= 15 is 0 Å². The second kappa shape index (κ2) is 11.5. The van der Waals surface area contributed by atoms with E-state index in [9.17, 15) is 18.0 Å². The molecule has 194 valence electrons. The number of hydrogen-bond donors (Lipinski definition) is 2. The third kappa shape index (κ3) is 6.46. The first-order chi connectivity index (χ1) is 17.2. The van der Waals surface area contributed by atoms with Crippen molar-refractivity contribution in [3.05, 3.63) is 69.8 Å². The third-order valence-electron chi connectivity index (χ3n) is 7.27. The topological polar surface area (TPSA) is 70.9 Å². The number of carboxylic acid groups (broad SMARTS) is 1. The maximum absolute atomic E-state index is 13.8. The number of nitrogens with zero attached hydrogens (tertiary/aromatic N) is 1. The molecule has 2 aliphatic carbocycles. The van der Waals surface area contributed by atoms with Gasteiger partial charge in [0.1, 0.15) is 6.61 Å². The molecule has 0 amide bonds. The summed E-state index contributed by atoms with van der Waals surface area (Å²) in [5, 5.41) is 16.3. The lowest BCUT2D eigenvalue weighted by Gasteiger charge is -2.25. The van der Waals surface area contributed by atoms with Gasteiger partial charge in [-0.1, -0.05) is 48.7 Å². The van der Waals surface area contributed by atoms with Crippen molar-refractivity contribution in [1.82, 2.24) is 5.32 Å². The Labute approximate surface area is 209 Å². The molecule has 1 fully saturated rings. The molecule has 2 aliphatic rings. The largest absolute Gasteiger partial charge is 0.481 e. The molecule has 0 heterocycles. The molecular weight excluding hydrogens is 469 g/mol. The Morgan fingerprint density at radius 1 is 1.08 bits per heavy atom. The summed E-state index contributed by atoms with van der Waals surface area (Å²) >= 11 is 0. The van der Waals surface area contributed by atoms with Crippen LogP contribution in [0.3, 0.4) is 0 Å². The highest BCUT2D eigenvalue weighted by atomic mass is 19.4. The molecule has 0 aromatic heterocycles. The highest BCUT2D eigenvalue weighted by Crippen LogP contribution is 2.41. The molecule has 36 heavy (non-hydrogen) atoms. The minimum absolute atomic E-state index is 0.0302. The number of alkyl halides is 3. The van der Waals surface area contributed by atoms with Gasteiger partial charge in [0.15, 0.2) is 0 Å². The number of halogens is 3. The van der Waals surface area contributed by atoms with Gasteiger partial charge >= 0.3 is 12.1 Å². The summed E-state index contributed by atoms with van der Waals surface area (Å²) in [6.45, 7) is 2.20. The first-order valence-corrected chi connectivity index (χ1v) is 12.7. The molecule has 8 heteroatoms. The van der Waals surface area contributed by atoms with Gasteiger partial charge in [-0.25, -0.2) is 0 Å². The summed E-state index contributed by atoms with van der Waals surface area (Å²) in [5.74, 6) is -0.852. The summed E-state index contributed by atoms with van der Waals surface area (Å²) < 4.78 is 41.4. The van der Waals surface area contributed by atoms with E-state index in [1.165, 1.54) is 11.6 Å². The standard InChI is InChI=1S/C28H33F3N2O3/c1-18(21-8-11-24-22(16-21)9-12-26(24)32-14-13-27(34)35)33-36-17-19-7-10-23(20-5-3-2-4-6-20)25(15-19)28(29,30)31/h7-8,10-11,15-16,20,26,32H,2-6,9,12-14,17H2,1H3,(H,34,35)/b33-18+. The smallest absolute Gasteiger partial charge is 0.416 e. The van der Waals surface area contributed by atoms with Gasteiger partial charge in [0.25, 0.3) is 0 Å². The molecule has 1 atom stereocenters. The Hall–Kier alpha value is -2.87. The molecule has 2 N–H and O–H groups in total. The second-order valence-corrected chi connectivity index (χ2v) is 9.81. The van der Waals surface area contributed by atoms with Gasteiger partial charge in [0.2, 0.25) is 0 Å². The fraction of sp³-hybridized carbons (Fsp3) is 0.500. The average molecular weight is 503 g/mol. The number of carbonyl (C=O) groups is 1. The zero-order valence-corrected chi connectivity index (χ0v) is 20.5. The quantitative estimate of drug-likeness (QED) is 0.294. The number of oxime groups is 1. The molecule has 1 unspecified atom stereocenters. The number of aliphatic carboxylic acids is 1. The van der Waals surface area contributed by atoms with Crippen molar-refractivity contribution in [2.75, 3.05) is 6.54 Å². The van der Waals surface area contributed by atoms with Crippen LogP contribution in [0.5, 0.6) is 0 Å². The zero-order valence-electron chi connectivity index (χ0n) is 20.5. The van der Waals surface area contributed by atoms with E-state index in [-0.39, 0.29) is 25.0 Å². The van der Waals surface area contributed by atoms with Crippen LogP contribution in [-0.4, -0.2) is 23.3 Å². The van der Waals surface area contributed by atoms with E-state index < -0.39 is 17.7 Å². The number of aryl methyl sites for hydroxylation is 1. The average Bonchev–Trinajstić information content (AvgIpc) is 3.26. The van der Waals surface area contributed by atoms with E-state index in [1.54, 1.807) is 12.1 Å². The first kappa shape index (κ1) is 26.2. The summed E-state index contributed by atoms with van der Waals surface area (Å²) in [7, 11) is 0. The summed E-state index contributed by atoms with van der Waals surface area (Å²) in [4.78, 5) is 16.2. The van der Waals surface area contributed by atoms with Crippen LogP contribution in [0.25, 0.3) is 0 Å². The summed E-state index contributed by atoms with van der Waals surface area (Å²) in [5.41, 5.74) is 4.18. The molecular formula is C28H33F3N2O3. The Bertz CT molecular complexity index is 1110. The van der Waals surface area contributed by atoms with Crippen LogP contribution in [0.1, 0.15) is 97.2 Å². The van der Waals surface area contributed by atoms with E-state index in [0.29, 0.717) is 23.4 Å². The fourth-order valence-corrected chi connectivity index (χ4v) is 5.37. The van der Waals surface area contributed by atoms with Gasteiger partial charge in [-0.2, -0.15) is 13.2 Å². The van der Waals surface area contributed by atoms with Gasteiger partial charge in [0.05, 0.1) is 17.7 Å². The number of nitrogens with one attached hydrogen (secondary N) is 1. The lowest BCUT2D eigenvalue weighted by Crippen LogP contribution is -2.22. The number of fused-ring (bicyclic) bond motifs is 1. The van der Waals surface area contributed by atoms with Crippen LogP contribution in [0.2, 0.25) is 0 Å². The van der Waals surface area contributed by atoms with E-state index in [0.717, 1.165) is 56.1 Å². The normalized spacial score (nSPS) is 18.8. The highest BCUT2D eigenvalue weighted by molar-refractivity contribution is 5.98. The van der Waals surface area contributed by atoms with Gasteiger partial charge in [0, 0.05) is 12.6 Å². The molecule has 0 bridgehead atoms. The van der Waals surface area contributed by atoms with Crippen molar-refractivity contribution in [2.24, 2.45) is 5.16 Å². The molecule has 4 rings (SSSR count). The van der Waals surface area contributed by atoms with Crippen LogP contribution >= 0.6 is 0 Å². The highest BCUT2D eigenvalue weighted by Gasteiger charge is 2.35. The van der Waals surface area contributed by atoms with Gasteiger partial charge in [-0.3, -0.25) is 4.79 Å². The van der Waals surface area contributed by atoms with Crippen LogP contribution in [-0.2, 0) is 28.8 Å². The monoisotopic (exact) mass is 502 g/mol. The lowest BCUT2D eigenvalue weighted by molar-refractivity contribution is -0.139. The zero-order chi connectivity index (χ0) is 25.7. The predicted molar refractivity (Wildman–Crippen MR) is 132 cm³/mol. The Morgan fingerprint density at radius 3 is 2.56 bits per heavy atom. The minimum Gasteiger partial charge on any atom is -0.481 e. The van der Waals surface area contributed by atoms with Crippen LogP contribution < -0.4 is 5.32 Å². The fourth-order valence-electron chi connectivity index (χ4n) is 5.37. The number of carboxylic acids is 1. The van der Waals surface area contributed by atoms with Crippen molar-refractivity contribution >= 4 is 11.7 Å². The van der Waals surface area contributed by atoms with Crippen molar-refractivity contribution in [3.63, 3.8) is 0 Å². The molecule has 0 spiro atoms. The van der Waals surface area contributed by atoms with Gasteiger partial charge in [-0.05, 0) is 78.5 Å². The van der Waals surface area contributed by atoms with Crippen LogP contribution in [0, 0.1) is 0 Å². The first-order valence-electron chi connectivity index (χ1n) is 12.7. The number of benzene rings is 2. The van der Waals surface area contributed by atoms with Crippen molar-refractivity contribution in [2.45, 2.75) is 83.0 Å². The van der Waals surface area contributed by atoms with Crippen LogP contribution in [0.4, 0.5) is 13.2 Å². The molecule has 1 saturated carbocycles. The molecule has 0 aliphatic heterocycles. The maximum Gasteiger partial charge on any atom is 0.416 e. The maximum atomic E-state index is 13.8. The summed E-state index contributed by atoms with van der Waals surface area (Å²) in [6.07, 6.45) is 2.14. The molecule has 5 nitrogen and oxygen atoms in total. The molecule has 2 aromatic rings. The van der Waals surface area contributed by atoms with Gasteiger partial charge < -0.3 is 15.3 Å². The molecule has 0 radical (unpaired) electrons. The second-order valence-electron chi connectivity index (χ2n) is 9.81. The van der Waals surface area contributed by atoms with E-state index in [2.05, 4.69) is 16.5 Å². The Kier molecular flexibility index (Phi) is 8.34. The Morgan fingerprint density at radius 2 is 1.83 bits per heavy atom. The minimum atomic E-state index is -4.40. The third-order valence-corrected chi connectivity index (χ3v) is 7.27. The lowest BCUT2D eigenvalue weighted by atomic mass is 9.81. The Balaban J connectivity index is 1.40. The SMILES string of the molecule is C/C(=N\OCc1ccc(C2CCCCC2)c(C(F)(F)F)c1)c1ccc2c(c1)CCC2NCCC(=O)O. The van der Waals surface area contributed by atoms with Crippen molar-refractivity contribution < 1.29 is 27.9 Å². The van der Waals surface area contributed by atoms with E-state index in [4.69, 9.17) is 9.94 Å². The van der Waals surface area contributed by atoms with Crippen LogP contribution in [0.15, 0.2) is 41.6 Å². The summed E-state index contributed by atoms with van der Waals surface area (Å²) in [6, 6.07) is 10.7. The molecule has 2 aromatic carbocycles. The van der Waals surface area contributed by atoms with Crippen molar-refractivity contribution in [3.8, 4) is 0 Å². The number of hydrogen-bond acceptors (Lipinski definition) is 4. The molecule has 0 saturated heterocycles. The number of rotatable bonds is 9. The van der Waals surface area contributed by atoms with Crippen molar-refractivity contribution in [1.29, 1.82) is 0 Å².